The van der Waals surface area contributed by atoms with Gasteiger partial charge in [-0.25, -0.2) is 4.79 Å². The molecular formula is C28H30N8O2. The highest BCUT2D eigenvalue weighted by atomic mass is 16.2. The molecule has 2 heterocycles. The maximum Gasteiger partial charge on any atom is 0.316 e. The molecule has 0 aliphatic carbocycles. The number of nitrogens with zero attached hydrogens (tertiary/aromatic N) is 4. The van der Waals surface area contributed by atoms with Crippen LogP contribution in [-0.2, 0) is 17.8 Å². The number of amides is 3. The number of anilines is 1. The van der Waals surface area contributed by atoms with Crippen molar-refractivity contribution >= 4 is 17.6 Å². The van der Waals surface area contributed by atoms with Gasteiger partial charge in [0.25, 0.3) is 0 Å². The maximum absolute atomic E-state index is 13.7. The van der Waals surface area contributed by atoms with Crippen LogP contribution in [0.3, 0.4) is 0 Å². The van der Waals surface area contributed by atoms with Gasteiger partial charge in [-0.1, -0.05) is 66.7 Å². The van der Waals surface area contributed by atoms with Gasteiger partial charge in [0.15, 0.2) is 0 Å². The van der Waals surface area contributed by atoms with Crippen molar-refractivity contribution in [2.24, 2.45) is 5.73 Å². The average Bonchev–Trinajstić information content (AvgIpc) is 3.40. The van der Waals surface area contributed by atoms with Gasteiger partial charge in [-0.2, -0.15) is 5.21 Å². The predicted octanol–water partition coefficient (Wildman–Crippen LogP) is 3.38. The van der Waals surface area contributed by atoms with Crippen molar-refractivity contribution < 1.29 is 9.59 Å². The van der Waals surface area contributed by atoms with E-state index in [-0.39, 0.29) is 5.91 Å². The highest BCUT2D eigenvalue weighted by Crippen LogP contribution is 2.31. The molecule has 0 saturated heterocycles. The van der Waals surface area contributed by atoms with Crippen LogP contribution in [0.25, 0.3) is 22.5 Å². The molecule has 10 nitrogen and oxygen atoms in total. The number of hydrogen-bond donors (Lipinski definition) is 4. The van der Waals surface area contributed by atoms with Crippen LogP contribution in [0.2, 0.25) is 0 Å². The fourth-order valence-electron chi connectivity index (χ4n) is 4.68. The van der Waals surface area contributed by atoms with Crippen LogP contribution >= 0.6 is 0 Å². The summed E-state index contributed by atoms with van der Waals surface area (Å²) in [6.07, 6.45) is 1.16. The first kappa shape index (κ1) is 25.1. The Labute approximate surface area is 220 Å². The second-order valence-electron chi connectivity index (χ2n) is 9.94. The molecular weight excluding hydrogens is 480 g/mol. The molecule has 3 amide bonds. The minimum Gasteiger partial charge on any atom is -0.326 e. The van der Waals surface area contributed by atoms with E-state index in [4.69, 9.17) is 5.73 Å². The van der Waals surface area contributed by atoms with Crippen molar-refractivity contribution in [3.05, 3.63) is 83.9 Å². The standard InChI is InChI=1S/C28H30N8O2/c1-28(2,29)31-27(38)30-23-16-15-20-7-3-6-10-24(20)36(26(23)37)17-18-11-13-19(14-12-18)21-8-4-5-9-22(21)25-32-34-35-33-25/h3-14,23H,15-17,29H2,1-2H3,(H2,30,31,38)(H,32,33,34,35)/t23-/m1/s1. The fraction of sp³-hybridized carbons (Fsp3) is 0.250. The van der Waals surface area contributed by atoms with E-state index < -0.39 is 17.7 Å². The lowest BCUT2D eigenvalue weighted by molar-refractivity contribution is -0.120. The molecule has 3 aromatic carbocycles. The number of carbonyl (C=O) groups excluding carboxylic acids is 2. The van der Waals surface area contributed by atoms with Crippen LogP contribution in [0.4, 0.5) is 10.5 Å². The van der Waals surface area contributed by atoms with Gasteiger partial charge in [-0.15, -0.1) is 10.2 Å². The molecule has 0 fully saturated rings. The quantitative estimate of drug-likeness (QED) is 0.293. The molecule has 4 aromatic rings. The minimum atomic E-state index is -0.898. The van der Waals surface area contributed by atoms with Crippen LogP contribution in [-0.4, -0.2) is 44.3 Å². The van der Waals surface area contributed by atoms with E-state index in [0.29, 0.717) is 25.2 Å². The summed E-state index contributed by atoms with van der Waals surface area (Å²) in [4.78, 5) is 28.0. The Morgan fingerprint density at radius 2 is 1.76 bits per heavy atom. The van der Waals surface area contributed by atoms with Gasteiger partial charge in [0.05, 0.1) is 12.2 Å². The van der Waals surface area contributed by atoms with Gasteiger partial charge >= 0.3 is 6.03 Å². The molecule has 194 valence electrons. The lowest BCUT2D eigenvalue weighted by atomic mass is 9.98. The number of aryl methyl sites for hydroxylation is 1. The number of urea groups is 1. The Morgan fingerprint density at radius 3 is 2.47 bits per heavy atom. The molecule has 0 bridgehead atoms. The first-order chi connectivity index (χ1) is 18.3. The largest absolute Gasteiger partial charge is 0.326 e. The highest BCUT2D eigenvalue weighted by molar-refractivity contribution is 6.00. The summed E-state index contributed by atoms with van der Waals surface area (Å²) in [7, 11) is 0. The van der Waals surface area contributed by atoms with Crippen molar-refractivity contribution in [1.29, 1.82) is 0 Å². The molecule has 1 aliphatic heterocycles. The lowest BCUT2D eigenvalue weighted by Gasteiger charge is -2.28. The van der Waals surface area contributed by atoms with Crippen LogP contribution in [0.1, 0.15) is 31.4 Å². The summed E-state index contributed by atoms with van der Waals surface area (Å²) in [6.45, 7) is 3.74. The van der Waals surface area contributed by atoms with Gasteiger partial charge in [0.1, 0.15) is 6.04 Å². The fourth-order valence-corrected chi connectivity index (χ4v) is 4.68. The molecule has 0 spiro atoms. The van der Waals surface area contributed by atoms with Gasteiger partial charge in [0.2, 0.25) is 11.7 Å². The minimum absolute atomic E-state index is 0.161. The van der Waals surface area contributed by atoms with Gasteiger partial charge in [-0.3, -0.25) is 4.79 Å². The number of tetrazole rings is 1. The van der Waals surface area contributed by atoms with E-state index in [1.807, 2.05) is 72.8 Å². The number of nitrogens with two attached hydrogens (primary N) is 1. The first-order valence-corrected chi connectivity index (χ1v) is 12.5. The number of H-pyrrole nitrogens is 1. The topological polar surface area (TPSA) is 142 Å². The van der Waals surface area contributed by atoms with Crippen LogP contribution in [0.15, 0.2) is 72.8 Å². The molecule has 5 N–H and O–H groups in total. The molecule has 0 unspecified atom stereocenters. The van der Waals surface area contributed by atoms with Crippen LogP contribution in [0.5, 0.6) is 0 Å². The normalized spacial score (nSPS) is 15.5. The third-order valence-electron chi connectivity index (χ3n) is 6.41. The van der Waals surface area contributed by atoms with Gasteiger partial charge < -0.3 is 21.3 Å². The highest BCUT2D eigenvalue weighted by Gasteiger charge is 2.32. The van der Waals surface area contributed by atoms with Crippen LogP contribution < -0.4 is 21.3 Å². The Morgan fingerprint density at radius 1 is 1.05 bits per heavy atom. The number of hydrogen-bond acceptors (Lipinski definition) is 6. The molecule has 1 aliphatic rings. The summed E-state index contributed by atoms with van der Waals surface area (Å²) in [5.41, 5.74) is 10.8. The molecule has 1 aromatic heterocycles. The predicted molar refractivity (Wildman–Crippen MR) is 145 cm³/mol. The van der Waals surface area contributed by atoms with E-state index in [9.17, 15) is 9.59 Å². The first-order valence-electron chi connectivity index (χ1n) is 12.5. The number of benzene rings is 3. The number of para-hydroxylation sites is 1. The Bertz CT molecular complexity index is 1430. The SMILES string of the molecule is CC(C)(N)NC(=O)N[C@@H]1CCc2ccccc2N(Cc2ccc(-c3ccccc3-c3nn[nH]n3)cc2)C1=O. The summed E-state index contributed by atoms with van der Waals surface area (Å²) in [5.74, 6) is 0.364. The number of aromatic amines is 1. The molecule has 5 rings (SSSR count). The summed E-state index contributed by atoms with van der Waals surface area (Å²) in [6, 6.07) is 22.7. The molecule has 0 saturated carbocycles. The molecule has 10 heteroatoms. The van der Waals surface area contributed by atoms with Crippen molar-refractivity contribution in [3.63, 3.8) is 0 Å². The van der Waals surface area contributed by atoms with E-state index in [2.05, 4.69) is 31.3 Å². The maximum atomic E-state index is 13.7. The number of aromatic nitrogens is 4. The number of fused-ring (bicyclic) bond motifs is 1. The zero-order chi connectivity index (χ0) is 26.7. The van der Waals surface area contributed by atoms with E-state index >= 15 is 0 Å². The smallest absolute Gasteiger partial charge is 0.316 e. The van der Waals surface area contributed by atoms with Gasteiger partial charge in [-0.05, 0) is 60.2 Å². The summed E-state index contributed by atoms with van der Waals surface area (Å²) < 4.78 is 0. The van der Waals surface area contributed by atoms with E-state index in [0.717, 1.165) is 33.5 Å². The van der Waals surface area contributed by atoms with Crippen LogP contribution in [0, 0.1) is 0 Å². The second kappa shape index (κ2) is 10.4. The van der Waals surface area contributed by atoms with Gasteiger partial charge in [0, 0.05) is 11.3 Å². The summed E-state index contributed by atoms with van der Waals surface area (Å²) in [5, 5.41) is 19.9. The van der Waals surface area contributed by atoms with Crippen molar-refractivity contribution in [2.45, 2.75) is 44.9 Å². The zero-order valence-electron chi connectivity index (χ0n) is 21.3. The van der Waals surface area contributed by atoms with E-state index in [1.54, 1.807) is 18.7 Å². The Balaban J connectivity index is 1.40. The number of rotatable bonds is 6. The van der Waals surface area contributed by atoms with E-state index in [1.165, 1.54) is 0 Å². The lowest BCUT2D eigenvalue weighted by Crippen LogP contribution is -2.58. The second-order valence-corrected chi connectivity index (χ2v) is 9.94. The Kier molecular flexibility index (Phi) is 6.89. The third-order valence-corrected chi connectivity index (χ3v) is 6.41. The summed E-state index contributed by atoms with van der Waals surface area (Å²) >= 11 is 0. The zero-order valence-corrected chi connectivity index (χ0v) is 21.3. The third kappa shape index (κ3) is 5.55. The molecule has 0 radical (unpaired) electrons. The molecule has 1 atom stereocenters. The monoisotopic (exact) mass is 510 g/mol. The number of nitrogens with one attached hydrogen (secondary N) is 3. The van der Waals surface area contributed by atoms with Crippen molar-refractivity contribution in [2.75, 3.05) is 4.90 Å². The molecule has 38 heavy (non-hydrogen) atoms. The van der Waals surface area contributed by atoms with Crippen molar-refractivity contribution in [3.8, 4) is 22.5 Å². The Hall–Kier alpha value is -4.57. The van der Waals surface area contributed by atoms with Crippen molar-refractivity contribution in [1.82, 2.24) is 31.3 Å². The number of carbonyl (C=O) groups is 2. The average molecular weight is 511 g/mol.